The molecule has 0 radical (unpaired) electrons. The van der Waals surface area contributed by atoms with Gasteiger partial charge in [-0.2, -0.15) is 18.2 Å². The molecule has 2 atom stereocenters. The topological polar surface area (TPSA) is 65.8 Å². The first kappa shape index (κ1) is 24.0. The normalized spacial score (nSPS) is 21.8. The molecule has 2 bridgehead atoms. The van der Waals surface area contributed by atoms with Crippen LogP contribution in [-0.4, -0.2) is 34.3 Å². The van der Waals surface area contributed by atoms with E-state index in [9.17, 15) is 26.7 Å². The number of morpholine rings is 1. The largest absolute Gasteiger partial charge is 0.473 e. The molecule has 3 aliphatic heterocycles. The lowest BCUT2D eigenvalue weighted by Crippen LogP contribution is -2.46. The number of anilines is 1. The van der Waals surface area contributed by atoms with Gasteiger partial charge in [-0.3, -0.25) is 4.57 Å². The van der Waals surface area contributed by atoms with Gasteiger partial charge < -0.3 is 19.1 Å². The summed E-state index contributed by atoms with van der Waals surface area (Å²) in [4.78, 5) is 18.6. The van der Waals surface area contributed by atoms with Gasteiger partial charge in [-0.05, 0) is 35.9 Å². The predicted molar refractivity (Wildman–Crippen MR) is 120 cm³/mol. The zero-order valence-corrected chi connectivity index (χ0v) is 19.6. The Morgan fingerprint density at radius 1 is 1.16 bits per heavy atom. The predicted octanol–water partition coefficient (Wildman–Crippen LogP) is 4.93. The van der Waals surface area contributed by atoms with E-state index in [-0.39, 0.29) is 29.7 Å². The van der Waals surface area contributed by atoms with E-state index in [1.54, 1.807) is 10.6 Å². The van der Waals surface area contributed by atoms with Crippen LogP contribution in [0.5, 0.6) is 17.4 Å². The molecule has 3 aromatic rings. The molecule has 0 saturated carbocycles. The maximum absolute atomic E-state index is 14.7. The molecule has 0 unspecified atom stereocenters. The zero-order valence-electron chi connectivity index (χ0n) is 18.8. The lowest BCUT2D eigenvalue weighted by Gasteiger charge is -2.32. The van der Waals surface area contributed by atoms with Crippen LogP contribution in [0.4, 0.5) is 27.8 Å². The minimum absolute atomic E-state index is 0.000945. The standard InChI is InChI=1S/C24H17ClF5N3O4/c25-16-2-1-13(5-15(16)24(28,29)30)37-21-17(26)3-12(4-18(21)27)9-35-19-6-20-32(22(34)31-19)10-23-7-14(36-11-23)8-33(20)23/h1-6,14H,7-11H2/t14-,23+/m1/s1. The van der Waals surface area contributed by atoms with Crippen LogP contribution >= 0.6 is 11.6 Å². The highest BCUT2D eigenvalue weighted by atomic mass is 35.5. The first-order valence-electron chi connectivity index (χ1n) is 11.2. The average Bonchev–Trinajstić information content (AvgIpc) is 3.49. The van der Waals surface area contributed by atoms with Crippen molar-refractivity contribution in [1.82, 2.24) is 9.55 Å². The molecule has 2 fully saturated rings. The number of halogens is 6. The smallest absolute Gasteiger partial charge is 0.417 e. The number of hydrogen-bond acceptors (Lipinski definition) is 6. The van der Waals surface area contributed by atoms with Crippen molar-refractivity contribution in [2.75, 3.05) is 18.1 Å². The fourth-order valence-corrected chi connectivity index (χ4v) is 5.34. The Bertz CT molecular complexity index is 1460. The third kappa shape index (κ3) is 4.08. The summed E-state index contributed by atoms with van der Waals surface area (Å²) in [5.74, 6) is -2.98. The Morgan fingerprint density at radius 2 is 1.92 bits per heavy atom. The van der Waals surface area contributed by atoms with Crippen LogP contribution in [-0.2, 0) is 24.1 Å². The monoisotopic (exact) mass is 541 g/mol. The molecule has 2 aromatic carbocycles. The van der Waals surface area contributed by atoms with Crippen molar-refractivity contribution in [3.63, 3.8) is 0 Å². The number of hydrogen-bond donors (Lipinski definition) is 0. The molecule has 2 saturated heterocycles. The van der Waals surface area contributed by atoms with Crippen molar-refractivity contribution in [3.05, 3.63) is 74.7 Å². The van der Waals surface area contributed by atoms with E-state index < -0.39 is 45.6 Å². The number of ether oxygens (including phenoxy) is 3. The summed E-state index contributed by atoms with van der Waals surface area (Å²) in [6.07, 6.45) is -3.84. The molecule has 6 rings (SSSR count). The minimum Gasteiger partial charge on any atom is -0.473 e. The van der Waals surface area contributed by atoms with Gasteiger partial charge in [-0.1, -0.05) is 11.6 Å². The summed E-state index contributed by atoms with van der Waals surface area (Å²) in [6, 6.07) is 5.99. The van der Waals surface area contributed by atoms with Gasteiger partial charge in [0.1, 0.15) is 18.2 Å². The Hall–Kier alpha value is -3.38. The van der Waals surface area contributed by atoms with Gasteiger partial charge >= 0.3 is 11.9 Å². The Kier molecular flexibility index (Phi) is 5.39. The molecule has 13 heteroatoms. The van der Waals surface area contributed by atoms with E-state index in [4.69, 9.17) is 25.8 Å². The van der Waals surface area contributed by atoms with Crippen LogP contribution in [0.2, 0.25) is 5.02 Å². The first-order chi connectivity index (χ1) is 17.5. The van der Waals surface area contributed by atoms with Gasteiger partial charge in [-0.15, -0.1) is 0 Å². The molecule has 4 heterocycles. The van der Waals surface area contributed by atoms with Crippen LogP contribution in [0.3, 0.4) is 0 Å². The molecule has 7 nitrogen and oxygen atoms in total. The summed E-state index contributed by atoms with van der Waals surface area (Å²) in [7, 11) is 0. The number of nitrogens with zero attached hydrogens (tertiary/aromatic N) is 3. The van der Waals surface area contributed by atoms with Gasteiger partial charge in [0.15, 0.2) is 17.4 Å². The molecule has 1 aromatic heterocycles. The fraction of sp³-hybridized carbons (Fsp3) is 0.333. The van der Waals surface area contributed by atoms with Crippen LogP contribution in [0.15, 0.2) is 41.2 Å². The van der Waals surface area contributed by atoms with Crippen molar-refractivity contribution in [2.45, 2.75) is 37.4 Å². The van der Waals surface area contributed by atoms with Gasteiger partial charge in [0, 0.05) is 19.0 Å². The zero-order chi connectivity index (χ0) is 26.1. The second kappa shape index (κ2) is 8.32. The van der Waals surface area contributed by atoms with E-state index in [2.05, 4.69) is 9.88 Å². The number of alkyl halides is 3. The quantitative estimate of drug-likeness (QED) is 0.427. The first-order valence-corrected chi connectivity index (χ1v) is 11.6. The molecule has 3 aliphatic rings. The number of rotatable bonds is 5. The van der Waals surface area contributed by atoms with E-state index in [1.165, 1.54) is 0 Å². The lowest BCUT2D eigenvalue weighted by molar-refractivity contribution is -0.137. The van der Waals surface area contributed by atoms with E-state index in [0.717, 1.165) is 30.7 Å². The van der Waals surface area contributed by atoms with Crippen LogP contribution < -0.4 is 20.1 Å². The highest BCUT2D eigenvalue weighted by molar-refractivity contribution is 6.31. The Labute approximate surface area is 210 Å². The maximum Gasteiger partial charge on any atom is 0.417 e. The molecular formula is C24H17ClF5N3O4. The third-order valence-electron chi connectivity index (χ3n) is 6.76. The van der Waals surface area contributed by atoms with Crippen molar-refractivity contribution < 1.29 is 36.2 Å². The van der Waals surface area contributed by atoms with E-state index >= 15 is 0 Å². The molecular weight excluding hydrogens is 525 g/mol. The molecule has 0 N–H and O–H groups in total. The third-order valence-corrected chi connectivity index (χ3v) is 7.09. The van der Waals surface area contributed by atoms with Gasteiger partial charge in [0.25, 0.3) is 0 Å². The van der Waals surface area contributed by atoms with Crippen LogP contribution in [0.1, 0.15) is 17.5 Å². The maximum atomic E-state index is 14.7. The van der Waals surface area contributed by atoms with Gasteiger partial charge in [-0.25, -0.2) is 13.6 Å². The summed E-state index contributed by atoms with van der Waals surface area (Å²) in [5, 5.41) is -0.575. The molecule has 194 valence electrons. The Morgan fingerprint density at radius 3 is 2.62 bits per heavy atom. The molecule has 1 spiro atoms. The van der Waals surface area contributed by atoms with Crippen molar-refractivity contribution in [2.24, 2.45) is 0 Å². The SMILES string of the molecule is O=c1nc(OCc2cc(F)c(Oc3ccc(Cl)c(C(F)(F)F)c3)c(F)c2)cc2n1C[C@@]13CO[C@@H](CN21)C3. The van der Waals surface area contributed by atoms with Crippen LogP contribution in [0, 0.1) is 11.6 Å². The molecule has 0 amide bonds. The average molecular weight is 542 g/mol. The van der Waals surface area contributed by atoms with E-state index in [0.29, 0.717) is 31.6 Å². The van der Waals surface area contributed by atoms with Crippen LogP contribution in [0.25, 0.3) is 0 Å². The van der Waals surface area contributed by atoms with Gasteiger partial charge in [0.2, 0.25) is 5.88 Å². The lowest BCUT2D eigenvalue weighted by atomic mass is 10.0. The van der Waals surface area contributed by atoms with Gasteiger partial charge in [0.05, 0.1) is 35.4 Å². The number of aromatic nitrogens is 2. The Balaban J connectivity index is 1.19. The molecule has 0 aliphatic carbocycles. The summed E-state index contributed by atoms with van der Waals surface area (Å²) in [6.45, 7) is 1.33. The van der Waals surface area contributed by atoms with Crippen molar-refractivity contribution in [1.29, 1.82) is 0 Å². The fourth-order valence-electron chi connectivity index (χ4n) is 5.12. The highest BCUT2D eigenvalue weighted by Crippen LogP contribution is 2.46. The summed E-state index contributed by atoms with van der Waals surface area (Å²) < 4.78 is 86.4. The number of fused-ring (bicyclic) bond motifs is 3. The highest BCUT2D eigenvalue weighted by Gasteiger charge is 2.56. The summed E-state index contributed by atoms with van der Waals surface area (Å²) >= 11 is 5.56. The van der Waals surface area contributed by atoms with Crippen molar-refractivity contribution >= 4 is 17.4 Å². The van der Waals surface area contributed by atoms with E-state index in [1.807, 2.05) is 0 Å². The second-order valence-electron chi connectivity index (χ2n) is 9.21. The second-order valence-corrected chi connectivity index (χ2v) is 9.62. The number of benzene rings is 2. The van der Waals surface area contributed by atoms with Crippen molar-refractivity contribution in [3.8, 4) is 17.4 Å². The minimum atomic E-state index is -4.77. The summed E-state index contributed by atoms with van der Waals surface area (Å²) in [5.41, 5.74) is -1.90. The molecule has 37 heavy (non-hydrogen) atoms.